The Morgan fingerprint density at radius 2 is 1.52 bits per heavy atom. The van der Waals surface area contributed by atoms with E-state index < -0.39 is 11.9 Å². The quantitative estimate of drug-likeness (QED) is 0.481. The fourth-order valence-corrected chi connectivity index (χ4v) is 2.26. The van der Waals surface area contributed by atoms with E-state index >= 15 is 0 Å². The molecule has 7 nitrogen and oxygen atoms in total. The van der Waals surface area contributed by atoms with Crippen LogP contribution in [0.1, 0.15) is 5.56 Å². The van der Waals surface area contributed by atoms with E-state index in [9.17, 15) is 19.8 Å². The van der Waals surface area contributed by atoms with Crippen LogP contribution in [0.3, 0.4) is 0 Å². The lowest BCUT2D eigenvalue weighted by Gasteiger charge is -2.18. The average molecular weight is 371 g/mol. The SMILES string of the molecule is C[NH+](C)CC[NH+](Cc1ccccc1)c1ccccn1.O=C([O-])C=CC(=O)[O-]. The van der Waals surface area contributed by atoms with Crippen molar-refractivity contribution in [2.45, 2.75) is 6.54 Å². The second-order valence-corrected chi connectivity index (χ2v) is 6.16. The number of hydrogen-bond acceptors (Lipinski definition) is 5. The van der Waals surface area contributed by atoms with E-state index in [4.69, 9.17) is 0 Å². The summed E-state index contributed by atoms with van der Waals surface area (Å²) in [6, 6.07) is 16.8. The van der Waals surface area contributed by atoms with E-state index in [2.05, 4.69) is 61.5 Å². The van der Waals surface area contributed by atoms with Crippen LogP contribution in [0.15, 0.2) is 66.9 Å². The van der Waals surface area contributed by atoms with Crippen molar-refractivity contribution in [1.29, 1.82) is 0 Å². The Hall–Kier alpha value is -3.03. The molecule has 0 saturated heterocycles. The molecular weight excluding hydrogens is 346 g/mol. The topological polar surface area (TPSA) is 102 Å². The molecule has 2 rings (SSSR count). The zero-order chi connectivity index (χ0) is 20.1. The highest BCUT2D eigenvalue weighted by Gasteiger charge is 2.15. The van der Waals surface area contributed by atoms with Gasteiger partial charge in [0.1, 0.15) is 19.6 Å². The van der Waals surface area contributed by atoms with E-state index in [1.807, 2.05) is 12.3 Å². The molecule has 7 heteroatoms. The minimum atomic E-state index is -1.55. The van der Waals surface area contributed by atoms with E-state index in [-0.39, 0.29) is 0 Å². The van der Waals surface area contributed by atoms with Gasteiger partial charge in [-0.1, -0.05) is 36.4 Å². The highest BCUT2D eigenvalue weighted by atomic mass is 16.4. The normalized spacial score (nSPS) is 11.7. The summed E-state index contributed by atoms with van der Waals surface area (Å²) >= 11 is 0. The molecule has 2 N–H and O–H groups in total. The van der Waals surface area contributed by atoms with Crippen molar-refractivity contribution >= 4 is 17.8 Å². The summed E-state index contributed by atoms with van der Waals surface area (Å²) in [5, 5.41) is 18.8. The maximum atomic E-state index is 9.41. The molecule has 0 bridgehead atoms. The molecule has 0 fully saturated rings. The van der Waals surface area contributed by atoms with Crippen LogP contribution in [0.2, 0.25) is 0 Å². The first-order valence-corrected chi connectivity index (χ1v) is 8.57. The largest absolute Gasteiger partial charge is 0.545 e. The number of nitrogens with zero attached hydrogens (tertiary/aromatic N) is 1. The van der Waals surface area contributed by atoms with Gasteiger partial charge in [-0.3, -0.25) is 4.90 Å². The van der Waals surface area contributed by atoms with E-state index in [0.29, 0.717) is 12.2 Å². The maximum Gasteiger partial charge on any atom is 0.226 e. The molecule has 0 aliphatic rings. The van der Waals surface area contributed by atoms with Crippen molar-refractivity contribution in [3.8, 4) is 0 Å². The molecule has 1 aromatic heterocycles. The number of carbonyl (C=O) groups excluding carboxylic acids is 2. The number of nitrogens with one attached hydrogen (secondary N) is 2. The Kier molecular flexibility index (Phi) is 10.1. The summed E-state index contributed by atoms with van der Waals surface area (Å²) in [6.07, 6.45) is 2.65. The first kappa shape index (κ1) is 22.0. The van der Waals surface area contributed by atoms with Gasteiger partial charge >= 0.3 is 0 Å². The van der Waals surface area contributed by atoms with Gasteiger partial charge in [0.2, 0.25) is 5.82 Å². The first-order valence-electron chi connectivity index (χ1n) is 8.57. The Balaban J connectivity index is 0.000000387. The number of rotatable bonds is 8. The van der Waals surface area contributed by atoms with Crippen molar-refractivity contribution in [2.75, 3.05) is 27.2 Å². The van der Waals surface area contributed by atoms with Crippen LogP contribution in [0.4, 0.5) is 5.82 Å². The number of benzene rings is 1. The number of carboxylic acid groups (broad SMARTS) is 2. The second-order valence-electron chi connectivity index (χ2n) is 6.16. The predicted octanol–water partition coefficient (Wildman–Crippen LogP) is -3.01. The summed E-state index contributed by atoms with van der Waals surface area (Å²) in [5.41, 5.74) is 1.36. The van der Waals surface area contributed by atoms with Gasteiger partial charge in [0.05, 0.1) is 26.0 Å². The third-order valence-corrected chi connectivity index (χ3v) is 3.57. The molecule has 0 amide bonds. The number of carbonyl (C=O) groups is 2. The van der Waals surface area contributed by atoms with Crippen molar-refractivity contribution in [1.82, 2.24) is 4.98 Å². The van der Waals surface area contributed by atoms with Gasteiger partial charge in [0, 0.05) is 17.8 Å². The molecule has 0 saturated carbocycles. The molecule has 2 aromatic rings. The number of carboxylic acids is 2. The van der Waals surface area contributed by atoms with E-state index in [0.717, 1.165) is 25.5 Å². The predicted molar refractivity (Wildman–Crippen MR) is 96.7 cm³/mol. The van der Waals surface area contributed by atoms with Crippen molar-refractivity contribution in [2.24, 2.45) is 0 Å². The van der Waals surface area contributed by atoms with Crippen molar-refractivity contribution in [3.05, 3.63) is 72.4 Å². The fourth-order valence-electron chi connectivity index (χ4n) is 2.26. The van der Waals surface area contributed by atoms with Gasteiger partial charge in [-0.05, 0) is 18.2 Å². The summed E-state index contributed by atoms with van der Waals surface area (Å²) in [7, 11) is 4.39. The third kappa shape index (κ3) is 10.5. The summed E-state index contributed by atoms with van der Waals surface area (Å²) in [6.45, 7) is 3.22. The lowest BCUT2D eigenvalue weighted by molar-refractivity contribution is -0.914. The van der Waals surface area contributed by atoms with E-state index in [1.165, 1.54) is 15.4 Å². The monoisotopic (exact) mass is 371 g/mol. The number of quaternary nitrogens is 2. The molecule has 27 heavy (non-hydrogen) atoms. The molecule has 144 valence electrons. The Labute approximate surface area is 159 Å². The van der Waals surface area contributed by atoms with Gasteiger partial charge in [-0.25, -0.2) is 4.98 Å². The zero-order valence-corrected chi connectivity index (χ0v) is 15.6. The van der Waals surface area contributed by atoms with Crippen LogP contribution in [0, 0.1) is 0 Å². The van der Waals surface area contributed by atoms with Gasteiger partial charge < -0.3 is 24.7 Å². The number of hydrogen-bond donors (Lipinski definition) is 2. The number of aromatic nitrogens is 1. The standard InChI is InChI=1S/C16H21N3.C4H4O4/c1-18(2)12-13-19(16-10-6-7-11-17-16)14-15-8-4-3-5-9-15;5-3(6)1-2-4(7)8/h3-11H,12-14H2,1-2H3;1-2H,(H,5,6)(H,7,8). The van der Waals surface area contributed by atoms with Gasteiger partial charge in [-0.2, -0.15) is 0 Å². The van der Waals surface area contributed by atoms with Gasteiger partial charge in [0.25, 0.3) is 0 Å². The van der Waals surface area contributed by atoms with Crippen molar-refractivity contribution in [3.63, 3.8) is 0 Å². The Morgan fingerprint density at radius 1 is 0.926 bits per heavy atom. The fraction of sp³-hybridized carbons (Fsp3) is 0.250. The molecule has 0 aliphatic heterocycles. The van der Waals surface area contributed by atoms with Crippen LogP contribution in [0.5, 0.6) is 0 Å². The van der Waals surface area contributed by atoms with Gasteiger partial charge in [0.15, 0.2) is 0 Å². The number of aliphatic carboxylic acids is 2. The third-order valence-electron chi connectivity index (χ3n) is 3.57. The lowest BCUT2D eigenvalue weighted by atomic mass is 10.2. The molecule has 1 atom stereocenters. The molecule has 1 unspecified atom stereocenters. The number of pyridine rings is 1. The maximum absolute atomic E-state index is 9.41. The van der Waals surface area contributed by atoms with E-state index in [1.54, 1.807) is 0 Å². The highest BCUT2D eigenvalue weighted by molar-refractivity contribution is 5.87. The lowest BCUT2D eigenvalue weighted by Crippen LogP contribution is -3.15. The smallest absolute Gasteiger partial charge is 0.226 e. The molecule has 1 heterocycles. The van der Waals surface area contributed by atoms with Crippen molar-refractivity contribution < 1.29 is 29.6 Å². The van der Waals surface area contributed by atoms with Crippen LogP contribution in [0.25, 0.3) is 0 Å². The molecular formula is C20H25N3O4. The molecule has 0 spiro atoms. The summed E-state index contributed by atoms with van der Waals surface area (Å²) < 4.78 is 0. The van der Waals surface area contributed by atoms with Crippen LogP contribution >= 0.6 is 0 Å². The zero-order valence-electron chi connectivity index (χ0n) is 15.6. The Bertz CT molecular complexity index is 703. The van der Waals surface area contributed by atoms with Crippen LogP contribution in [-0.4, -0.2) is 44.1 Å². The van der Waals surface area contributed by atoms with Gasteiger partial charge in [-0.15, -0.1) is 0 Å². The Morgan fingerprint density at radius 3 is 2.00 bits per heavy atom. The average Bonchev–Trinajstić information content (AvgIpc) is 2.65. The minimum absolute atomic E-state index is 0.384. The number of likely N-dealkylation sites (N-methyl/N-ethyl adjacent to an activating group) is 1. The first-order chi connectivity index (χ1) is 12.9. The van der Waals surface area contributed by atoms with Crippen LogP contribution < -0.4 is 20.0 Å². The minimum Gasteiger partial charge on any atom is -0.545 e. The molecule has 0 radical (unpaired) electrons. The summed E-state index contributed by atoms with van der Waals surface area (Å²) in [5.74, 6) is -1.96. The highest BCUT2D eigenvalue weighted by Crippen LogP contribution is 1.99. The summed E-state index contributed by atoms with van der Waals surface area (Å²) in [4.78, 5) is 26.2. The molecule has 1 aromatic carbocycles. The molecule has 0 aliphatic carbocycles. The van der Waals surface area contributed by atoms with Crippen LogP contribution in [-0.2, 0) is 16.1 Å². The second kappa shape index (κ2) is 12.3.